The molecule has 0 fully saturated rings. The first-order chi connectivity index (χ1) is 8.33. The SMILES string of the molecule is CCCCCCCCCCCc1cnc(I)[nH]1. The van der Waals surface area contributed by atoms with Crippen molar-refractivity contribution < 1.29 is 0 Å². The molecule has 0 unspecified atom stereocenters. The first kappa shape index (κ1) is 15.0. The molecule has 1 heterocycles. The van der Waals surface area contributed by atoms with E-state index in [1.807, 2.05) is 6.20 Å². The van der Waals surface area contributed by atoms with Gasteiger partial charge in [0.05, 0.1) is 0 Å². The molecular weight excluding hydrogens is 323 g/mol. The van der Waals surface area contributed by atoms with E-state index in [0.717, 1.165) is 10.3 Å². The Morgan fingerprint density at radius 2 is 1.59 bits per heavy atom. The lowest BCUT2D eigenvalue weighted by molar-refractivity contribution is 0.564. The first-order valence-electron chi connectivity index (χ1n) is 7.02. The summed E-state index contributed by atoms with van der Waals surface area (Å²) in [6, 6.07) is 0. The number of nitrogens with zero attached hydrogens (tertiary/aromatic N) is 1. The Bertz CT molecular complexity index is 284. The second-order valence-electron chi connectivity index (χ2n) is 4.78. The maximum absolute atomic E-state index is 4.20. The maximum Gasteiger partial charge on any atom is 0.168 e. The molecule has 0 amide bonds. The van der Waals surface area contributed by atoms with Crippen molar-refractivity contribution in [1.29, 1.82) is 0 Å². The van der Waals surface area contributed by atoms with E-state index < -0.39 is 0 Å². The van der Waals surface area contributed by atoms with Gasteiger partial charge in [-0.2, -0.15) is 0 Å². The second-order valence-corrected chi connectivity index (χ2v) is 5.80. The minimum atomic E-state index is 1.01. The van der Waals surface area contributed by atoms with Gasteiger partial charge < -0.3 is 4.98 Å². The van der Waals surface area contributed by atoms with Crippen LogP contribution in [0.15, 0.2) is 6.20 Å². The number of hydrogen-bond donors (Lipinski definition) is 1. The largest absolute Gasteiger partial charge is 0.337 e. The number of aromatic amines is 1. The molecule has 1 rings (SSSR count). The smallest absolute Gasteiger partial charge is 0.168 e. The zero-order valence-corrected chi connectivity index (χ0v) is 13.1. The van der Waals surface area contributed by atoms with Gasteiger partial charge in [0.15, 0.2) is 3.83 Å². The summed E-state index contributed by atoms with van der Waals surface area (Å²) in [5.41, 5.74) is 1.29. The summed E-state index contributed by atoms with van der Waals surface area (Å²) in [5.74, 6) is 0. The van der Waals surface area contributed by atoms with Crippen LogP contribution in [0.25, 0.3) is 0 Å². The molecule has 0 radical (unpaired) electrons. The monoisotopic (exact) mass is 348 g/mol. The molecule has 0 bridgehead atoms. The van der Waals surface area contributed by atoms with Crippen molar-refractivity contribution >= 4 is 22.6 Å². The number of unbranched alkanes of at least 4 members (excludes halogenated alkanes) is 8. The number of H-pyrrole nitrogens is 1. The van der Waals surface area contributed by atoms with Crippen molar-refractivity contribution in [2.24, 2.45) is 0 Å². The molecule has 1 N–H and O–H groups in total. The molecule has 0 saturated heterocycles. The van der Waals surface area contributed by atoms with Crippen LogP contribution in [-0.4, -0.2) is 9.97 Å². The van der Waals surface area contributed by atoms with Crippen LogP contribution < -0.4 is 0 Å². The quantitative estimate of drug-likeness (QED) is 0.463. The van der Waals surface area contributed by atoms with Gasteiger partial charge in [0.2, 0.25) is 0 Å². The predicted molar refractivity (Wildman–Crippen MR) is 82.2 cm³/mol. The number of rotatable bonds is 10. The van der Waals surface area contributed by atoms with Crippen LogP contribution in [0.3, 0.4) is 0 Å². The van der Waals surface area contributed by atoms with Crippen LogP contribution in [0.1, 0.15) is 70.4 Å². The molecule has 0 aromatic carbocycles. The summed E-state index contributed by atoms with van der Waals surface area (Å²) < 4.78 is 1.01. The zero-order chi connectivity index (χ0) is 12.3. The van der Waals surface area contributed by atoms with Crippen LogP contribution >= 0.6 is 22.6 Å². The van der Waals surface area contributed by atoms with E-state index in [1.54, 1.807) is 0 Å². The third kappa shape index (κ3) is 7.79. The zero-order valence-electron chi connectivity index (χ0n) is 11.0. The fraction of sp³-hybridized carbons (Fsp3) is 0.786. The fourth-order valence-corrected chi connectivity index (χ4v) is 2.57. The average molecular weight is 348 g/mol. The highest BCUT2D eigenvalue weighted by molar-refractivity contribution is 14.1. The summed E-state index contributed by atoms with van der Waals surface area (Å²) in [4.78, 5) is 7.48. The van der Waals surface area contributed by atoms with Crippen LogP contribution in [-0.2, 0) is 6.42 Å². The Balaban J connectivity index is 1.84. The minimum Gasteiger partial charge on any atom is -0.337 e. The molecule has 0 spiro atoms. The van der Waals surface area contributed by atoms with Crippen molar-refractivity contribution in [2.45, 2.75) is 71.1 Å². The van der Waals surface area contributed by atoms with Gasteiger partial charge in [0.1, 0.15) is 0 Å². The van der Waals surface area contributed by atoms with Gasteiger partial charge in [-0.15, -0.1) is 0 Å². The van der Waals surface area contributed by atoms with Crippen LogP contribution in [0, 0.1) is 3.83 Å². The van der Waals surface area contributed by atoms with Gasteiger partial charge in [-0.25, -0.2) is 4.98 Å². The molecule has 0 aliphatic carbocycles. The summed E-state index contributed by atoms with van der Waals surface area (Å²) >= 11 is 2.22. The van der Waals surface area contributed by atoms with Crippen molar-refractivity contribution in [1.82, 2.24) is 9.97 Å². The minimum absolute atomic E-state index is 1.01. The molecule has 0 aliphatic rings. The van der Waals surface area contributed by atoms with E-state index in [0.29, 0.717) is 0 Å². The van der Waals surface area contributed by atoms with Crippen LogP contribution in [0.4, 0.5) is 0 Å². The molecule has 98 valence electrons. The Morgan fingerprint density at radius 1 is 1.00 bits per heavy atom. The molecule has 1 aromatic heterocycles. The van der Waals surface area contributed by atoms with Gasteiger partial charge in [0.25, 0.3) is 0 Å². The van der Waals surface area contributed by atoms with Gasteiger partial charge in [-0.3, -0.25) is 0 Å². The summed E-state index contributed by atoms with van der Waals surface area (Å²) in [5, 5.41) is 0. The second kappa shape index (κ2) is 9.92. The van der Waals surface area contributed by atoms with Gasteiger partial charge in [-0.05, 0) is 35.4 Å². The van der Waals surface area contributed by atoms with E-state index in [2.05, 4.69) is 39.5 Å². The van der Waals surface area contributed by atoms with Gasteiger partial charge in [-0.1, -0.05) is 58.3 Å². The fourth-order valence-electron chi connectivity index (χ4n) is 2.08. The normalized spacial score (nSPS) is 10.9. The highest BCUT2D eigenvalue weighted by Crippen LogP contribution is 2.11. The highest BCUT2D eigenvalue weighted by atomic mass is 127. The number of nitrogens with one attached hydrogen (secondary N) is 1. The molecular formula is C14H25IN2. The molecule has 1 aromatic rings. The lowest BCUT2D eigenvalue weighted by Crippen LogP contribution is -1.87. The molecule has 0 aliphatic heterocycles. The van der Waals surface area contributed by atoms with E-state index in [1.165, 1.54) is 63.5 Å². The molecule has 2 nitrogen and oxygen atoms in total. The summed E-state index contributed by atoms with van der Waals surface area (Å²) in [6.45, 7) is 2.27. The lowest BCUT2D eigenvalue weighted by atomic mass is 10.1. The molecule has 0 atom stereocenters. The Morgan fingerprint density at radius 3 is 2.12 bits per heavy atom. The molecule has 17 heavy (non-hydrogen) atoms. The summed E-state index contributed by atoms with van der Waals surface area (Å²) in [6.07, 6.45) is 15.7. The number of imidazole rings is 1. The van der Waals surface area contributed by atoms with Gasteiger partial charge in [0, 0.05) is 11.9 Å². The van der Waals surface area contributed by atoms with E-state index in [9.17, 15) is 0 Å². The Labute approximate surface area is 119 Å². The van der Waals surface area contributed by atoms with Crippen LogP contribution in [0.5, 0.6) is 0 Å². The van der Waals surface area contributed by atoms with E-state index >= 15 is 0 Å². The highest BCUT2D eigenvalue weighted by Gasteiger charge is 1.97. The van der Waals surface area contributed by atoms with Crippen molar-refractivity contribution in [3.05, 3.63) is 15.7 Å². The number of halogens is 1. The topological polar surface area (TPSA) is 28.7 Å². The molecule has 0 saturated carbocycles. The third-order valence-corrected chi connectivity index (χ3v) is 3.70. The standard InChI is InChI=1S/C14H25IN2/c1-2-3-4-5-6-7-8-9-10-11-13-12-16-14(15)17-13/h12H,2-11H2,1H3,(H,16,17). The summed E-state index contributed by atoms with van der Waals surface area (Å²) in [7, 11) is 0. The van der Waals surface area contributed by atoms with Crippen LogP contribution in [0.2, 0.25) is 0 Å². The van der Waals surface area contributed by atoms with Crippen molar-refractivity contribution in [2.75, 3.05) is 0 Å². The number of hydrogen-bond acceptors (Lipinski definition) is 1. The maximum atomic E-state index is 4.20. The number of aryl methyl sites for hydroxylation is 1. The average Bonchev–Trinajstić information content (AvgIpc) is 2.73. The molecule has 3 heteroatoms. The van der Waals surface area contributed by atoms with Crippen molar-refractivity contribution in [3.63, 3.8) is 0 Å². The van der Waals surface area contributed by atoms with E-state index in [-0.39, 0.29) is 0 Å². The lowest BCUT2D eigenvalue weighted by Gasteiger charge is -2.01. The number of aromatic nitrogens is 2. The Kier molecular flexibility index (Phi) is 8.75. The third-order valence-electron chi connectivity index (χ3n) is 3.15. The van der Waals surface area contributed by atoms with Gasteiger partial charge >= 0.3 is 0 Å². The Hall–Kier alpha value is -0.0600. The first-order valence-corrected chi connectivity index (χ1v) is 8.10. The van der Waals surface area contributed by atoms with E-state index in [4.69, 9.17) is 0 Å². The van der Waals surface area contributed by atoms with Crippen molar-refractivity contribution in [3.8, 4) is 0 Å². The predicted octanol–water partition coefficient (Wildman–Crippen LogP) is 5.09.